The van der Waals surface area contributed by atoms with Crippen molar-refractivity contribution in [2.24, 2.45) is 7.05 Å². The van der Waals surface area contributed by atoms with Crippen LogP contribution in [-0.4, -0.2) is 21.3 Å². The van der Waals surface area contributed by atoms with Crippen LogP contribution in [0.4, 0.5) is 0 Å². The molecular formula is C14H19ClN4. The fourth-order valence-corrected chi connectivity index (χ4v) is 2.31. The van der Waals surface area contributed by atoms with Crippen molar-refractivity contribution < 1.29 is 0 Å². The molecule has 0 saturated heterocycles. The average molecular weight is 279 g/mol. The fraction of sp³-hybridized carbons (Fsp3) is 0.429. The van der Waals surface area contributed by atoms with Crippen LogP contribution in [0.15, 0.2) is 30.7 Å². The summed E-state index contributed by atoms with van der Waals surface area (Å²) in [6.45, 7) is 3.11. The van der Waals surface area contributed by atoms with Crippen LogP contribution in [0.1, 0.15) is 30.6 Å². The molecule has 0 fully saturated rings. The topological polar surface area (TPSA) is 42.7 Å². The second-order valence-electron chi connectivity index (χ2n) is 4.59. The summed E-state index contributed by atoms with van der Waals surface area (Å²) < 4.78 is 1.82. The standard InChI is InChI=1S/C14H19ClN4/c1-3-6-17-14(9-11-5-8-19(2)18-11)12-4-7-16-10-13(12)15/h4-5,7-8,10,14,17H,3,6,9H2,1-2H3. The van der Waals surface area contributed by atoms with Crippen LogP contribution < -0.4 is 5.32 Å². The zero-order valence-corrected chi connectivity index (χ0v) is 12.1. The molecule has 0 aliphatic heterocycles. The highest BCUT2D eigenvalue weighted by Crippen LogP contribution is 2.24. The third kappa shape index (κ3) is 3.78. The Balaban J connectivity index is 2.18. The molecule has 0 aliphatic carbocycles. The van der Waals surface area contributed by atoms with Gasteiger partial charge in [0.2, 0.25) is 0 Å². The van der Waals surface area contributed by atoms with Crippen molar-refractivity contribution in [2.45, 2.75) is 25.8 Å². The number of pyridine rings is 1. The lowest BCUT2D eigenvalue weighted by atomic mass is 10.0. The molecule has 1 atom stereocenters. The van der Waals surface area contributed by atoms with Gasteiger partial charge in [0.1, 0.15) is 0 Å². The predicted octanol–water partition coefficient (Wildman–Crippen LogP) is 2.75. The van der Waals surface area contributed by atoms with E-state index in [0.29, 0.717) is 5.02 Å². The largest absolute Gasteiger partial charge is 0.310 e. The van der Waals surface area contributed by atoms with Crippen molar-refractivity contribution in [3.8, 4) is 0 Å². The van der Waals surface area contributed by atoms with E-state index < -0.39 is 0 Å². The maximum absolute atomic E-state index is 6.24. The first-order chi connectivity index (χ1) is 9.20. The summed E-state index contributed by atoms with van der Waals surface area (Å²) in [6, 6.07) is 4.18. The smallest absolute Gasteiger partial charge is 0.0643 e. The van der Waals surface area contributed by atoms with Gasteiger partial charge in [0.15, 0.2) is 0 Å². The van der Waals surface area contributed by atoms with Gasteiger partial charge in [0, 0.05) is 38.1 Å². The molecule has 0 bridgehead atoms. The molecule has 0 aromatic carbocycles. The first-order valence-corrected chi connectivity index (χ1v) is 6.89. The molecule has 1 unspecified atom stereocenters. The van der Waals surface area contributed by atoms with Crippen LogP contribution in [-0.2, 0) is 13.5 Å². The minimum Gasteiger partial charge on any atom is -0.310 e. The first-order valence-electron chi connectivity index (χ1n) is 6.52. The molecule has 0 spiro atoms. The summed E-state index contributed by atoms with van der Waals surface area (Å²) >= 11 is 6.24. The number of nitrogens with zero attached hydrogens (tertiary/aromatic N) is 3. The maximum Gasteiger partial charge on any atom is 0.0643 e. The van der Waals surface area contributed by atoms with E-state index in [9.17, 15) is 0 Å². The molecule has 1 N–H and O–H groups in total. The van der Waals surface area contributed by atoms with Crippen LogP contribution >= 0.6 is 11.6 Å². The van der Waals surface area contributed by atoms with E-state index in [2.05, 4.69) is 22.3 Å². The van der Waals surface area contributed by atoms with Gasteiger partial charge in [-0.2, -0.15) is 5.10 Å². The number of aryl methyl sites for hydroxylation is 1. The number of nitrogens with one attached hydrogen (secondary N) is 1. The molecule has 0 aliphatic rings. The van der Waals surface area contributed by atoms with E-state index in [0.717, 1.165) is 30.6 Å². The van der Waals surface area contributed by atoms with E-state index in [4.69, 9.17) is 11.6 Å². The zero-order chi connectivity index (χ0) is 13.7. The van der Waals surface area contributed by atoms with Crippen molar-refractivity contribution in [3.05, 3.63) is 47.0 Å². The van der Waals surface area contributed by atoms with Gasteiger partial charge in [-0.1, -0.05) is 18.5 Å². The first kappa shape index (κ1) is 14.0. The predicted molar refractivity (Wildman–Crippen MR) is 77.2 cm³/mol. The summed E-state index contributed by atoms with van der Waals surface area (Å²) in [5, 5.41) is 8.66. The summed E-state index contributed by atoms with van der Waals surface area (Å²) in [5.41, 5.74) is 2.14. The van der Waals surface area contributed by atoms with Crippen LogP contribution in [0.5, 0.6) is 0 Å². The lowest BCUT2D eigenvalue weighted by molar-refractivity contribution is 0.521. The highest BCUT2D eigenvalue weighted by molar-refractivity contribution is 6.31. The van der Waals surface area contributed by atoms with Crippen molar-refractivity contribution in [1.82, 2.24) is 20.1 Å². The Kier molecular flexibility index (Phi) is 4.93. The van der Waals surface area contributed by atoms with Gasteiger partial charge < -0.3 is 5.32 Å². The Morgan fingerprint density at radius 2 is 2.26 bits per heavy atom. The molecule has 19 heavy (non-hydrogen) atoms. The average Bonchev–Trinajstić information content (AvgIpc) is 2.81. The minimum absolute atomic E-state index is 0.172. The maximum atomic E-state index is 6.24. The van der Waals surface area contributed by atoms with E-state index in [1.54, 1.807) is 12.4 Å². The Morgan fingerprint density at radius 3 is 2.89 bits per heavy atom. The molecule has 0 radical (unpaired) electrons. The quantitative estimate of drug-likeness (QED) is 0.883. The molecule has 0 amide bonds. The Hall–Kier alpha value is -1.39. The molecule has 2 aromatic rings. The Bertz CT molecular complexity index is 524. The van der Waals surface area contributed by atoms with E-state index in [1.807, 2.05) is 30.1 Å². The molecule has 2 aromatic heterocycles. The molecule has 0 saturated carbocycles. The SMILES string of the molecule is CCCNC(Cc1ccn(C)n1)c1ccncc1Cl. The van der Waals surface area contributed by atoms with Crippen molar-refractivity contribution in [3.63, 3.8) is 0 Å². The van der Waals surface area contributed by atoms with Crippen molar-refractivity contribution in [2.75, 3.05) is 6.54 Å². The molecule has 2 heterocycles. The number of aromatic nitrogens is 3. The number of halogens is 1. The fourth-order valence-electron chi connectivity index (χ4n) is 2.06. The third-order valence-electron chi connectivity index (χ3n) is 3.00. The van der Waals surface area contributed by atoms with Crippen LogP contribution in [0, 0.1) is 0 Å². The van der Waals surface area contributed by atoms with Gasteiger partial charge in [-0.3, -0.25) is 9.67 Å². The highest BCUT2D eigenvalue weighted by atomic mass is 35.5. The van der Waals surface area contributed by atoms with Crippen LogP contribution in [0.25, 0.3) is 0 Å². The van der Waals surface area contributed by atoms with Gasteiger partial charge in [-0.25, -0.2) is 0 Å². The van der Waals surface area contributed by atoms with E-state index in [-0.39, 0.29) is 6.04 Å². The van der Waals surface area contributed by atoms with Crippen molar-refractivity contribution in [1.29, 1.82) is 0 Å². The lowest BCUT2D eigenvalue weighted by Gasteiger charge is -2.19. The Labute approximate surface area is 118 Å². The molecule has 2 rings (SSSR count). The minimum atomic E-state index is 0.172. The second-order valence-corrected chi connectivity index (χ2v) is 5.00. The number of hydrogen-bond donors (Lipinski definition) is 1. The van der Waals surface area contributed by atoms with E-state index >= 15 is 0 Å². The number of rotatable bonds is 6. The van der Waals surface area contributed by atoms with Gasteiger partial charge >= 0.3 is 0 Å². The third-order valence-corrected chi connectivity index (χ3v) is 3.32. The zero-order valence-electron chi connectivity index (χ0n) is 11.3. The van der Waals surface area contributed by atoms with E-state index in [1.165, 1.54) is 0 Å². The van der Waals surface area contributed by atoms with Crippen LogP contribution in [0.3, 0.4) is 0 Å². The molecular weight excluding hydrogens is 260 g/mol. The Morgan fingerprint density at radius 1 is 1.42 bits per heavy atom. The summed E-state index contributed by atoms with van der Waals surface area (Å²) in [6.07, 6.45) is 7.34. The summed E-state index contributed by atoms with van der Waals surface area (Å²) in [4.78, 5) is 4.04. The van der Waals surface area contributed by atoms with Gasteiger partial charge in [-0.15, -0.1) is 0 Å². The van der Waals surface area contributed by atoms with Crippen molar-refractivity contribution >= 4 is 11.6 Å². The van der Waals surface area contributed by atoms with Gasteiger partial charge in [0.05, 0.1) is 10.7 Å². The molecule has 102 valence electrons. The van der Waals surface area contributed by atoms with Crippen LogP contribution in [0.2, 0.25) is 5.02 Å². The monoisotopic (exact) mass is 278 g/mol. The highest BCUT2D eigenvalue weighted by Gasteiger charge is 2.15. The van der Waals surface area contributed by atoms with Gasteiger partial charge in [-0.05, 0) is 30.7 Å². The molecule has 4 nitrogen and oxygen atoms in total. The lowest BCUT2D eigenvalue weighted by Crippen LogP contribution is -2.24. The molecule has 5 heteroatoms. The second kappa shape index (κ2) is 6.68. The summed E-state index contributed by atoms with van der Waals surface area (Å²) in [5.74, 6) is 0. The number of hydrogen-bond acceptors (Lipinski definition) is 3. The summed E-state index contributed by atoms with van der Waals surface area (Å²) in [7, 11) is 1.93. The van der Waals surface area contributed by atoms with Gasteiger partial charge in [0.25, 0.3) is 0 Å². The normalized spacial score (nSPS) is 12.6.